The van der Waals surface area contributed by atoms with Gasteiger partial charge in [0.05, 0.1) is 0 Å². The van der Waals surface area contributed by atoms with Gasteiger partial charge in [0.25, 0.3) is 7.59 Å². The molecular weight excluding hydrogens is 379 g/mol. The molecule has 0 heterocycles. The fourth-order valence-corrected chi connectivity index (χ4v) is 1.41. The molecular formula is C10H23N6O7PS. The summed E-state index contributed by atoms with van der Waals surface area (Å²) in [4.78, 5) is 43.7. The zero-order valence-corrected chi connectivity index (χ0v) is 14.9. The Morgan fingerprint density at radius 3 is 1.96 bits per heavy atom. The van der Waals surface area contributed by atoms with E-state index in [0.29, 0.717) is 0 Å². The second-order valence-electron chi connectivity index (χ2n) is 4.66. The van der Waals surface area contributed by atoms with E-state index in [1.807, 2.05) is 0 Å². The van der Waals surface area contributed by atoms with Gasteiger partial charge < -0.3 is 26.6 Å². The smallest absolute Gasteiger partial charge is 0.322 e. The molecule has 0 aromatic rings. The van der Waals surface area contributed by atoms with Crippen molar-refractivity contribution in [2.75, 3.05) is 12.3 Å². The van der Waals surface area contributed by atoms with Gasteiger partial charge in [-0.15, -0.1) is 0 Å². The highest BCUT2D eigenvalue weighted by Crippen LogP contribution is 2.06. The van der Waals surface area contributed by atoms with Gasteiger partial charge in [0.1, 0.15) is 18.6 Å². The minimum atomic E-state index is -3.14. The molecule has 0 unspecified atom stereocenters. The summed E-state index contributed by atoms with van der Waals surface area (Å²) >= 11 is 3.87. The third-order valence-corrected chi connectivity index (χ3v) is 2.61. The molecule has 2 amide bonds. The largest absolute Gasteiger partial charge is 0.480 e. The molecule has 0 radical (unpaired) electrons. The van der Waals surface area contributed by atoms with Crippen LogP contribution >= 0.6 is 20.2 Å². The lowest BCUT2D eigenvalue weighted by atomic mass is 10.1. The topological polar surface area (TPSA) is 254 Å². The second-order valence-corrected chi connectivity index (χ2v) is 6.55. The fourth-order valence-electron chi connectivity index (χ4n) is 1.16. The summed E-state index contributed by atoms with van der Waals surface area (Å²) in [5, 5.41) is 21.4. The summed E-state index contributed by atoms with van der Waals surface area (Å²) in [6, 6.07) is -2.15. The first-order valence-electron chi connectivity index (χ1n) is 6.61. The number of carbonyl (C=O) groups is 4. The number of nitrogens with one attached hydrogen (secondary N) is 2. The van der Waals surface area contributed by atoms with Crippen LogP contribution in [0.3, 0.4) is 0 Å². The van der Waals surface area contributed by atoms with Crippen LogP contribution in [0.25, 0.3) is 0 Å². The third-order valence-electron chi connectivity index (χ3n) is 2.25. The lowest BCUT2D eigenvalue weighted by Crippen LogP contribution is -2.49. The zero-order valence-electron chi connectivity index (χ0n) is 13.1. The predicted molar refractivity (Wildman–Crippen MR) is 91.4 cm³/mol. The lowest BCUT2D eigenvalue weighted by molar-refractivity contribution is -0.139. The molecule has 0 saturated heterocycles. The maximum Gasteiger partial charge on any atom is 0.322 e. The molecule has 13 nitrogen and oxygen atoms in total. The molecule has 0 aromatic carbocycles. The van der Waals surface area contributed by atoms with E-state index in [2.05, 4.69) is 39.8 Å². The maximum absolute atomic E-state index is 11.5. The molecule has 2 atom stereocenters. The Hall–Kier alpha value is -1.70. The molecule has 146 valence electrons. The van der Waals surface area contributed by atoms with Crippen LogP contribution in [0.4, 0.5) is 0 Å². The highest BCUT2D eigenvalue weighted by molar-refractivity contribution is 7.80. The molecule has 0 saturated carbocycles. The summed E-state index contributed by atoms with van der Waals surface area (Å²) in [5.74, 6) is -3.70. The van der Waals surface area contributed by atoms with Gasteiger partial charge in [-0.25, -0.2) is 0 Å². The molecule has 0 aliphatic carbocycles. The monoisotopic (exact) mass is 402 g/mol. The molecule has 0 aliphatic rings. The van der Waals surface area contributed by atoms with Crippen LogP contribution in [-0.4, -0.2) is 58.3 Å². The Morgan fingerprint density at radius 1 is 1.12 bits per heavy atom. The van der Waals surface area contributed by atoms with E-state index in [1.165, 1.54) is 0 Å². The van der Waals surface area contributed by atoms with E-state index in [1.54, 1.807) is 0 Å². The van der Waals surface area contributed by atoms with Crippen molar-refractivity contribution in [2.24, 2.45) is 22.2 Å². The molecule has 0 rings (SSSR count). The van der Waals surface area contributed by atoms with E-state index in [4.69, 9.17) is 15.9 Å². The lowest BCUT2D eigenvalue weighted by Gasteiger charge is -2.16. The average Bonchev–Trinajstić information content (AvgIpc) is 2.45. The van der Waals surface area contributed by atoms with Gasteiger partial charge in [0.2, 0.25) is 11.8 Å². The Morgan fingerprint density at radius 2 is 1.60 bits per heavy atom. The van der Waals surface area contributed by atoms with Crippen LogP contribution in [-0.2, 0) is 23.7 Å². The van der Waals surface area contributed by atoms with Crippen molar-refractivity contribution in [1.29, 1.82) is 0 Å². The van der Waals surface area contributed by atoms with E-state index in [-0.39, 0.29) is 18.6 Å². The Kier molecular flexibility index (Phi) is 12.9. The quantitative estimate of drug-likeness (QED) is 0.137. The van der Waals surface area contributed by atoms with Crippen molar-refractivity contribution < 1.29 is 34.0 Å². The minimum Gasteiger partial charge on any atom is -0.480 e. The van der Waals surface area contributed by atoms with E-state index >= 15 is 0 Å². The highest BCUT2D eigenvalue weighted by atomic mass is 32.1. The van der Waals surface area contributed by atoms with Crippen molar-refractivity contribution in [2.45, 2.75) is 24.9 Å². The summed E-state index contributed by atoms with van der Waals surface area (Å²) < 4.78 is 9.55. The van der Waals surface area contributed by atoms with Gasteiger partial charge in [0.15, 0.2) is 0 Å². The van der Waals surface area contributed by atoms with Gasteiger partial charge in [-0.1, -0.05) is 0 Å². The second kappa shape index (κ2) is 12.6. The molecule has 0 aliphatic heterocycles. The Balaban J connectivity index is 0. The maximum atomic E-state index is 11.5. The van der Waals surface area contributed by atoms with Crippen LogP contribution in [0.15, 0.2) is 0 Å². The van der Waals surface area contributed by atoms with Gasteiger partial charge in [0, 0.05) is 12.2 Å². The number of hydrogen-bond acceptors (Lipinski definition) is 7. The van der Waals surface area contributed by atoms with Gasteiger partial charge in [-0.3, -0.25) is 40.3 Å². The standard InChI is InChI=1S/C10H17N3O6S.H6N3OP/c11-5(10(18)19)1-2-7(14)13-6(4-20)9(17)12-3-8(15)16;1-5(2,3)4/h5-6,20H,1-4,11H2,(H,12,17)(H,13,14)(H,15,16)(H,18,19);(H6,1,2,3,4)/t5-,6-;/m0./s1. The Bertz CT molecular complexity index is 520. The van der Waals surface area contributed by atoms with Crippen molar-refractivity contribution in [3.05, 3.63) is 0 Å². The molecule has 0 fully saturated rings. The zero-order chi connectivity index (χ0) is 20.2. The normalized spacial score (nSPS) is 12.8. The van der Waals surface area contributed by atoms with Crippen molar-refractivity contribution in [3.63, 3.8) is 0 Å². The number of aliphatic carboxylic acids is 2. The van der Waals surface area contributed by atoms with Crippen LogP contribution in [0, 0.1) is 0 Å². The highest BCUT2D eigenvalue weighted by Gasteiger charge is 2.20. The van der Waals surface area contributed by atoms with Crippen molar-refractivity contribution >= 4 is 44.0 Å². The first kappa shape index (κ1) is 25.5. The number of carbonyl (C=O) groups excluding carboxylic acids is 2. The molecule has 25 heavy (non-hydrogen) atoms. The summed E-state index contributed by atoms with van der Waals surface area (Å²) in [7, 11) is -3.14. The SMILES string of the molecule is NP(N)(N)=O.N[C@@H](CCC(=O)N[C@@H](CS)C(=O)NCC(=O)O)C(=O)O. The van der Waals surface area contributed by atoms with Crippen LogP contribution in [0.2, 0.25) is 0 Å². The van der Waals surface area contributed by atoms with Crippen molar-refractivity contribution in [3.8, 4) is 0 Å². The number of thiol groups is 1. The molecule has 0 aromatic heterocycles. The van der Waals surface area contributed by atoms with Gasteiger partial charge in [-0.2, -0.15) is 12.6 Å². The minimum absolute atomic E-state index is 0.0256. The fraction of sp³-hybridized carbons (Fsp3) is 0.600. The first-order valence-corrected chi connectivity index (χ1v) is 9.16. The van der Waals surface area contributed by atoms with Crippen LogP contribution in [0.5, 0.6) is 0 Å². The average molecular weight is 402 g/mol. The number of carboxylic acids is 2. The van der Waals surface area contributed by atoms with Gasteiger partial charge >= 0.3 is 11.9 Å². The summed E-state index contributed by atoms with van der Waals surface area (Å²) in [6.07, 6.45) is -0.235. The number of carboxylic acid groups (broad SMARTS) is 2. The third kappa shape index (κ3) is 18.5. The van der Waals surface area contributed by atoms with Crippen molar-refractivity contribution in [1.82, 2.24) is 10.6 Å². The number of nitrogens with two attached hydrogens (primary N) is 4. The van der Waals surface area contributed by atoms with Gasteiger partial charge in [-0.05, 0) is 6.42 Å². The van der Waals surface area contributed by atoms with E-state index < -0.39 is 50.0 Å². The Labute approximate surface area is 148 Å². The number of hydrogen-bond donors (Lipinski definition) is 9. The molecule has 0 spiro atoms. The van der Waals surface area contributed by atoms with E-state index in [9.17, 15) is 23.7 Å². The number of amides is 2. The molecule has 12 N–H and O–H groups in total. The van der Waals surface area contributed by atoms with Crippen LogP contribution in [0.1, 0.15) is 12.8 Å². The van der Waals surface area contributed by atoms with Crippen LogP contribution < -0.4 is 32.9 Å². The predicted octanol–water partition coefficient (Wildman–Crippen LogP) is -3.24. The summed E-state index contributed by atoms with van der Waals surface area (Å²) in [6.45, 7) is -0.567. The number of rotatable bonds is 9. The molecule has 0 bridgehead atoms. The molecule has 15 heteroatoms. The first-order chi connectivity index (χ1) is 11.3. The summed E-state index contributed by atoms with van der Waals surface area (Å²) in [5.41, 5.74) is 18.6. The van der Waals surface area contributed by atoms with E-state index in [0.717, 1.165) is 0 Å².